The molecule has 3 aromatic carbocycles. The molecule has 0 aromatic heterocycles. The standard InChI is InChI=1S/C23H22ClF2NO3S/c1-3-20(16-7-5-4-6-8-16)27(31(28,29)19-12-10-18(24)11-13-19)15-17-9-14-21(30-2)23(26)22(17)25/h4-14,20H,3,15H2,1-2H3/t20-/m0/s1. The van der Waals surface area contributed by atoms with Crippen molar-refractivity contribution in [2.75, 3.05) is 7.11 Å². The summed E-state index contributed by atoms with van der Waals surface area (Å²) in [6, 6.07) is 16.8. The fraction of sp³-hybridized carbons (Fsp3) is 0.217. The minimum atomic E-state index is -4.07. The van der Waals surface area contributed by atoms with Gasteiger partial charge < -0.3 is 4.74 Å². The molecule has 1 atom stereocenters. The summed E-state index contributed by atoms with van der Waals surface area (Å²) >= 11 is 5.91. The Bertz CT molecular complexity index is 1140. The Labute approximate surface area is 186 Å². The summed E-state index contributed by atoms with van der Waals surface area (Å²) in [7, 11) is -2.83. The molecule has 0 saturated heterocycles. The van der Waals surface area contributed by atoms with Gasteiger partial charge in [0.2, 0.25) is 15.8 Å². The van der Waals surface area contributed by atoms with Crippen molar-refractivity contribution in [1.82, 2.24) is 4.31 Å². The Kier molecular flexibility index (Phi) is 7.30. The number of hydrogen-bond donors (Lipinski definition) is 0. The smallest absolute Gasteiger partial charge is 0.243 e. The molecule has 0 aliphatic heterocycles. The Morgan fingerprint density at radius 1 is 0.968 bits per heavy atom. The highest BCUT2D eigenvalue weighted by atomic mass is 35.5. The van der Waals surface area contributed by atoms with Crippen LogP contribution in [0.3, 0.4) is 0 Å². The SMILES string of the molecule is CC[C@@H](c1ccccc1)N(Cc1ccc(OC)c(F)c1F)S(=O)(=O)c1ccc(Cl)cc1. The van der Waals surface area contributed by atoms with Crippen molar-refractivity contribution in [2.45, 2.75) is 30.8 Å². The van der Waals surface area contributed by atoms with E-state index in [1.807, 2.05) is 25.1 Å². The van der Waals surface area contributed by atoms with Gasteiger partial charge in [-0.2, -0.15) is 8.70 Å². The lowest BCUT2D eigenvalue weighted by atomic mass is 10.0. The summed E-state index contributed by atoms with van der Waals surface area (Å²) in [6.45, 7) is 1.48. The van der Waals surface area contributed by atoms with Crippen LogP contribution in [0.15, 0.2) is 71.6 Å². The number of methoxy groups -OCH3 is 1. The van der Waals surface area contributed by atoms with Crippen LogP contribution < -0.4 is 4.74 Å². The Morgan fingerprint density at radius 3 is 2.19 bits per heavy atom. The van der Waals surface area contributed by atoms with Crippen molar-refractivity contribution in [3.63, 3.8) is 0 Å². The Balaban J connectivity index is 2.13. The lowest BCUT2D eigenvalue weighted by Crippen LogP contribution is -2.34. The molecule has 0 radical (unpaired) electrons. The number of rotatable bonds is 8. The van der Waals surface area contributed by atoms with Gasteiger partial charge in [-0.15, -0.1) is 0 Å². The average Bonchev–Trinajstić information content (AvgIpc) is 2.77. The minimum absolute atomic E-state index is 0.0145. The van der Waals surface area contributed by atoms with Crippen LogP contribution in [0.1, 0.15) is 30.5 Å². The van der Waals surface area contributed by atoms with E-state index in [4.69, 9.17) is 16.3 Å². The summed E-state index contributed by atoms with van der Waals surface area (Å²) < 4.78 is 62.2. The predicted molar refractivity (Wildman–Crippen MR) is 117 cm³/mol. The fourth-order valence-electron chi connectivity index (χ4n) is 3.40. The molecular weight excluding hydrogens is 444 g/mol. The average molecular weight is 466 g/mol. The zero-order chi connectivity index (χ0) is 22.6. The molecule has 3 rings (SSSR count). The van der Waals surface area contributed by atoms with Gasteiger partial charge in [0.25, 0.3) is 0 Å². The summed E-state index contributed by atoms with van der Waals surface area (Å²) in [5, 5.41) is 0.392. The first-order valence-electron chi connectivity index (χ1n) is 9.62. The first-order chi connectivity index (χ1) is 14.8. The topological polar surface area (TPSA) is 46.6 Å². The van der Waals surface area contributed by atoms with E-state index in [0.29, 0.717) is 11.4 Å². The fourth-order valence-corrected chi connectivity index (χ4v) is 5.20. The molecule has 3 aromatic rings. The largest absolute Gasteiger partial charge is 0.494 e. The number of sulfonamides is 1. The quantitative estimate of drug-likeness (QED) is 0.412. The van der Waals surface area contributed by atoms with Gasteiger partial charge in [-0.05, 0) is 42.3 Å². The summed E-state index contributed by atoms with van der Waals surface area (Å²) in [5.41, 5.74) is 0.655. The molecule has 31 heavy (non-hydrogen) atoms. The van der Waals surface area contributed by atoms with Crippen LogP contribution in [-0.2, 0) is 16.6 Å². The van der Waals surface area contributed by atoms with E-state index >= 15 is 0 Å². The molecule has 0 amide bonds. The lowest BCUT2D eigenvalue weighted by Gasteiger charge is -2.31. The second-order valence-corrected chi connectivity index (χ2v) is 9.22. The van der Waals surface area contributed by atoms with E-state index in [1.165, 1.54) is 47.8 Å². The maximum atomic E-state index is 14.7. The van der Waals surface area contributed by atoms with E-state index in [0.717, 1.165) is 5.56 Å². The van der Waals surface area contributed by atoms with Crippen LogP contribution in [0.5, 0.6) is 5.75 Å². The van der Waals surface area contributed by atoms with E-state index in [1.54, 1.807) is 12.1 Å². The van der Waals surface area contributed by atoms with Gasteiger partial charge in [-0.3, -0.25) is 0 Å². The molecule has 164 valence electrons. The van der Waals surface area contributed by atoms with Crippen LogP contribution in [0, 0.1) is 11.6 Å². The molecule has 0 unspecified atom stereocenters. The molecule has 0 heterocycles. The first-order valence-corrected chi connectivity index (χ1v) is 11.4. The van der Waals surface area contributed by atoms with Gasteiger partial charge in [0, 0.05) is 17.1 Å². The summed E-state index contributed by atoms with van der Waals surface area (Å²) in [6.07, 6.45) is 0.428. The third-order valence-electron chi connectivity index (χ3n) is 5.01. The van der Waals surface area contributed by atoms with Crippen LogP contribution in [0.4, 0.5) is 8.78 Å². The second-order valence-electron chi connectivity index (χ2n) is 6.89. The molecule has 0 aliphatic carbocycles. The van der Waals surface area contributed by atoms with E-state index < -0.39 is 27.7 Å². The van der Waals surface area contributed by atoms with Gasteiger partial charge in [0.15, 0.2) is 11.6 Å². The highest BCUT2D eigenvalue weighted by molar-refractivity contribution is 7.89. The molecule has 0 saturated carbocycles. The van der Waals surface area contributed by atoms with Crippen molar-refractivity contribution in [3.05, 3.63) is 94.5 Å². The first kappa shape index (κ1) is 23.2. The molecule has 8 heteroatoms. The van der Waals surface area contributed by atoms with E-state index in [-0.39, 0.29) is 22.8 Å². The Morgan fingerprint density at radius 2 is 1.61 bits per heavy atom. The van der Waals surface area contributed by atoms with Gasteiger partial charge in [0.1, 0.15) is 0 Å². The molecule has 0 N–H and O–H groups in total. The maximum Gasteiger partial charge on any atom is 0.243 e. The lowest BCUT2D eigenvalue weighted by molar-refractivity contribution is 0.302. The molecule has 0 fully saturated rings. The predicted octanol–water partition coefficient (Wildman–Crippen LogP) is 5.97. The highest BCUT2D eigenvalue weighted by Gasteiger charge is 2.33. The minimum Gasteiger partial charge on any atom is -0.494 e. The zero-order valence-corrected chi connectivity index (χ0v) is 18.6. The summed E-state index contributed by atoms with van der Waals surface area (Å²) in [5.74, 6) is -2.54. The molecule has 0 aliphatic rings. The van der Waals surface area contributed by atoms with Crippen molar-refractivity contribution >= 4 is 21.6 Å². The van der Waals surface area contributed by atoms with E-state index in [9.17, 15) is 17.2 Å². The number of hydrogen-bond acceptors (Lipinski definition) is 3. The van der Waals surface area contributed by atoms with Crippen molar-refractivity contribution in [2.24, 2.45) is 0 Å². The third kappa shape index (κ3) is 4.89. The molecule has 0 spiro atoms. The summed E-state index contributed by atoms with van der Waals surface area (Å²) in [4.78, 5) is 0.0145. The number of nitrogens with zero attached hydrogens (tertiary/aromatic N) is 1. The Hall–Kier alpha value is -2.48. The third-order valence-corrected chi connectivity index (χ3v) is 7.13. The molecular formula is C23H22ClF2NO3S. The van der Waals surface area contributed by atoms with Gasteiger partial charge in [-0.25, -0.2) is 12.8 Å². The van der Waals surface area contributed by atoms with Crippen molar-refractivity contribution in [3.8, 4) is 5.75 Å². The molecule has 0 bridgehead atoms. The van der Waals surface area contributed by atoms with Crippen LogP contribution in [0.25, 0.3) is 0 Å². The van der Waals surface area contributed by atoms with Gasteiger partial charge >= 0.3 is 0 Å². The number of halogens is 3. The van der Waals surface area contributed by atoms with Gasteiger partial charge in [-0.1, -0.05) is 54.9 Å². The highest BCUT2D eigenvalue weighted by Crippen LogP contribution is 2.34. The van der Waals surface area contributed by atoms with Crippen molar-refractivity contribution < 1.29 is 21.9 Å². The monoisotopic (exact) mass is 465 g/mol. The second kappa shape index (κ2) is 9.77. The van der Waals surface area contributed by atoms with Gasteiger partial charge in [0.05, 0.1) is 18.0 Å². The zero-order valence-electron chi connectivity index (χ0n) is 17.1. The normalized spacial score (nSPS) is 12.7. The molecule has 4 nitrogen and oxygen atoms in total. The van der Waals surface area contributed by atoms with Crippen LogP contribution in [0.2, 0.25) is 5.02 Å². The van der Waals surface area contributed by atoms with Crippen LogP contribution >= 0.6 is 11.6 Å². The number of ether oxygens (including phenoxy) is 1. The number of benzene rings is 3. The van der Waals surface area contributed by atoms with Crippen LogP contribution in [-0.4, -0.2) is 19.8 Å². The van der Waals surface area contributed by atoms with Crippen molar-refractivity contribution in [1.29, 1.82) is 0 Å². The van der Waals surface area contributed by atoms with E-state index in [2.05, 4.69) is 0 Å². The maximum absolute atomic E-state index is 14.7.